The van der Waals surface area contributed by atoms with Crippen molar-refractivity contribution in [3.8, 4) is 22.6 Å². The topological polar surface area (TPSA) is 66.5 Å². The molecule has 76 valence electrons. The first-order valence-corrected chi connectivity index (χ1v) is 4.56. The van der Waals surface area contributed by atoms with Crippen LogP contribution < -0.4 is 5.73 Å². The number of nitrogens with two attached hydrogens (primary N) is 1. The monoisotopic (exact) mass is 201 g/mol. The highest BCUT2D eigenvalue weighted by atomic mass is 16.3. The molecular formula is C12H11NO2. The van der Waals surface area contributed by atoms with E-state index in [1.165, 1.54) is 6.07 Å². The van der Waals surface area contributed by atoms with Gasteiger partial charge in [-0.15, -0.1) is 0 Å². The molecule has 3 heteroatoms. The Hall–Kier alpha value is -2.16. The second-order valence-electron chi connectivity index (χ2n) is 3.26. The van der Waals surface area contributed by atoms with Gasteiger partial charge in [-0.05, 0) is 18.2 Å². The molecule has 3 nitrogen and oxygen atoms in total. The molecule has 0 amide bonds. The first-order chi connectivity index (χ1) is 7.20. The smallest absolute Gasteiger partial charge is 0.125 e. The van der Waals surface area contributed by atoms with E-state index in [-0.39, 0.29) is 11.5 Å². The van der Waals surface area contributed by atoms with Gasteiger partial charge in [-0.25, -0.2) is 0 Å². The fourth-order valence-electron chi connectivity index (χ4n) is 1.54. The number of phenols is 2. The highest BCUT2D eigenvalue weighted by molar-refractivity contribution is 5.84. The van der Waals surface area contributed by atoms with Crippen molar-refractivity contribution in [2.75, 3.05) is 5.73 Å². The zero-order valence-corrected chi connectivity index (χ0v) is 8.01. The van der Waals surface area contributed by atoms with Gasteiger partial charge in [-0.1, -0.05) is 24.3 Å². The summed E-state index contributed by atoms with van der Waals surface area (Å²) < 4.78 is 0. The second kappa shape index (κ2) is 3.53. The lowest BCUT2D eigenvalue weighted by atomic mass is 10.0. The highest BCUT2D eigenvalue weighted by Crippen LogP contribution is 2.38. The summed E-state index contributed by atoms with van der Waals surface area (Å²) in [6, 6.07) is 11.6. The van der Waals surface area contributed by atoms with E-state index in [1.807, 2.05) is 0 Å². The summed E-state index contributed by atoms with van der Waals surface area (Å²) in [4.78, 5) is 0. The van der Waals surface area contributed by atoms with Gasteiger partial charge in [0.2, 0.25) is 0 Å². The predicted molar refractivity (Wildman–Crippen MR) is 59.6 cm³/mol. The van der Waals surface area contributed by atoms with Crippen LogP contribution in [0.3, 0.4) is 0 Å². The van der Waals surface area contributed by atoms with E-state index in [2.05, 4.69) is 0 Å². The molecule has 0 aliphatic heterocycles. The van der Waals surface area contributed by atoms with Gasteiger partial charge in [0.25, 0.3) is 0 Å². The molecule has 0 aliphatic rings. The minimum absolute atomic E-state index is 0.0662. The van der Waals surface area contributed by atoms with Crippen LogP contribution in [0.25, 0.3) is 11.1 Å². The van der Waals surface area contributed by atoms with Crippen LogP contribution >= 0.6 is 0 Å². The minimum Gasteiger partial charge on any atom is -0.507 e. The van der Waals surface area contributed by atoms with Crippen molar-refractivity contribution in [1.82, 2.24) is 0 Å². The molecule has 15 heavy (non-hydrogen) atoms. The molecule has 0 heterocycles. The van der Waals surface area contributed by atoms with E-state index in [0.29, 0.717) is 16.8 Å². The maximum absolute atomic E-state index is 9.68. The SMILES string of the molecule is Nc1cccc(O)c1-c1ccccc1O. The summed E-state index contributed by atoms with van der Waals surface area (Å²) in [7, 11) is 0. The number of rotatable bonds is 1. The van der Waals surface area contributed by atoms with Crippen LogP contribution in [0.5, 0.6) is 11.5 Å². The van der Waals surface area contributed by atoms with Crippen LogP contribution in [-0.2, 0) is 0 Å². The molecule has 2 aromatic rings. The molecule has 0 aliphatic carbocycles. The third-order valence-electron chi connectivity index (χ3n) is 2.25. The standard InChI is InChI=1S/C12H11NO2/c13-9-5-3-7-11(15)12(9)8-4-1-2-6-10(8)14/h1-7,14-15H,13H2. The number of para-hydroxylation sites is 1. The third-order valence-corrected chi connectivity index (χ3v) is 2.25. The summed E-state index contributed by atoms with van der Waals surface area (Å²) in [6.45, 7) is 0. The van der Waals surface area contributed by atoms with Crippen molar-refractivity contribution in [2.45, 2.75) is 0 Å². The van der Waals surface area contributed by atoms with Gasteiger partial charge < -0.3 is 15.9 Å². The summed E-state index contributed by atoms with van der Waals surface area (Å²) in [5, 5.41) is 19.3. The number of hydrogen-bond acceptors (Lipinski definition) is 3. The summed E-state index contributed by atoms with van der Waals surface area (Å²) in [5.41, 5.74) is 7.20. The van der Waals surface area contributed by atoms with Crippen molar-refractivity contribution >= 4 is 5.69 Å². The Bertz CT molecular complexity index is 474. The van der Waals surface area contributed by atoms with E-state index >= 15 is 0 Å². The van der Waals surface area contributed by atoms with Crippen molar-refractivity contribution in [1.29, 1.82) is 0 Å². The maximum atomic E-state index is 9.68. The molecular weight excluding hydrogens is 190 g/mol. The quantitative estimate of drug-likeness (QED) is 0.620. The lowest BCUT2D eigenvalue weighted by Crippen LogP contribution is -1.90. The van der Waals surface area contributed by atoms with Gasteiger partial charge >= 0.3 is 0 Å². The second-order valence-corrected chi connectivity index (χ2v) is 3.26. The zero-order chi connectivity index (χ0) is 10.8. The lowest BCUT2D eigenvalue weighted by molar-refractivity contribution is 0.469. The lowest BCUT2D eigenvalue weighted by Gasteiger charge is -2.09. The molecule has 0 fully saturated rings. The van der Waals surface area contributed by atoms with Crippen molar-refractivity contribution in [3.63, 3.8) is 0 Å². The molecule has 0 spiro atoms. The number of anilines is 1. The van der Waals surface area contributed by atoms with E-state index < -0.39 is 0 Å². The molecule has 2 rings (SSSR count). The Morgan fingerprint density at radius 1 is 0.800 bits per heavy atom. The number of phenolic OH excluding ortho intramolecular Hbond substituents is 2. The van der Waals surface area contributed by atoms with Gasteiger partial charge in [0, 0.05) is 11.3 Å². The molecule has 0 unspecified atom stereocenters. The molecule has 0 saturated carbocycles. The Balaban J connectivity index is 2.69. The number of hydrogen-bond donors (Lipinski definition) is 3. The normalized spacial score (nSPS) is 10.1. The van der Waals surface area contributed by atoms with E-state index in [1.54, 1.807) is 36.4 Å². The van der Waals surface area contributed by atoms with Crippen LogP contribution in [-0.4, -0.2) is 10.2 Å². The molecule has 0 atom stereocenters. The molecule has 0 bridgehead atoms. The van der Waals surface area contributed by atoms with Crippen molar-refractivity contribution in [2.24, 2.45) is 0 Å². The summed E-state index contributed by atoms with van der Waals surface area (Å²) >= 11 is 0. The van der Waals surface area contributed by atoms with Gasteiger partial charge in [0.1, 0.15) is 11.5 Å². The third kappa shape index (κ3) is 1.59. The Morgan fingerprint density at radius 2 is 1.47 bits per heavy atom. The Morgan fingerprint density at radius 3 is 2.13 bits per heavy atom. The molecule has 0 radical (unpaired) electrons. The van der Waals surface area contributed by atoms with Crippen LogP contribution in [0.2, 0.25) is 0 Å². The van der Waals surface area contributed by atoms with E-state index in [0.717, 1.165) is 0 Å². The first kappa shape index (κ1) is 9.40. The summed E-state index contributed by atoms with van der Waals surface area (Å²) in [5.74, 6) is 0.169. The van der Waals surface area contributed by atoms with Crippen molar-refractivity contribution < 1.29 is 10.2 Å². The number of benzene rings is 2. The fourth-order valence-corrected chi connectivity index (χ4v) is 1.54. The van der Waals surface area contributed by atoms with Gasteiger partial charge in [-0.3, -0.25) is 0 Å². The first-order valence-electron chi connectivity index (χ1n) is 4.56. The molecule has 2 aromatic carbocycles. The number of aromatic hydroxyl groups is 2. The van der Waals surface area contributed by atoms with Crippen LogP contribution in [0.4, 0.5) is 5.69 Å². The molecule has 4 N–H and O–H groups in total. The predicted octanol–water partition coefficient (Wildman–Crippen LogP) is 2.35. The fraction of sp³-hybridized carbons (Fsp3) is 0. The summed E-state index contributed by atoms with van der Waals surface area (Å²) in [6.07, 6.45) is 0. The van der Waals surface area contributed by atoms with Crippen LogP contribution in [0.15, 0.2) is 42.5 Å². The maximum Gasteiger partial charge on any atom is 0.125 e. The number of nitrogen functional groups attached to an aromatic ring is 1. The van der Waals surface area contributed by atoms with Crippen molar-refractivity contribution in [3.05, 3.63) is 42.5 Å². The molecule has 0 aromatic heterocycles. The molecule has 0 saturated heterocycles. The zero-order valence-electron chi connectivity index (χ0n) is 8.01. The van der Waals surface area contributed by atoms with Crippen LogP contribution in [0, 0.1) is 0 Å². The van der Waals surface area contributed by atoms with Crippen LogP contribution in [0.1, 0.15) is 0 Å². The minimum atomic E-state index is 0.0662. The van der Waals surface area contributed by atoms with E-state index in [9.17, 15) is 10.2 Å². The van der Waals surface area contributed by atoms with Gasteiger partial charge in [0.15, 0.2) is 0 Å². The largest absolute Gasteiger partial charge is 0.507 e. The Kier molecular flexibility index (Phi) is 2.21. The average Bonchev–Trinajstić information content (AvgIpc) is 2.20. The Labute approximate surface area is 87.4 Å². The van der Waals surface area contributed by atoms with E-state index in [4.69, 9.17) is 5.73 Å². The van der Waals surface area contributed by atoms with Gasteiger partial charge in [-0.2, -0.15) is 0 Å². The van der Waals surface area contributed by atoms with Gasteiger partial charge in [0.05, 0.1) is 5.56 Å². The average molecular weight is 201 g/mol. The highest BCUT2D eigenvalue weighted by Gasteiger charge is 2.10.